The Morgan fingerprint density at radius 3 is 2.00 bits per heavy atom. The summed E-state index contributed by atoms with van der Waals surface area (Å²) in [6.07, 6.45) is 16.4. The molecule has 0 aromatic rings. The van der Waals surface area contributed by atoms with Gasteiger partial charge in [0.25, 0.3) is 0 Å². The summed E-state index contributed by atoms with van der Waals surface area (Å²) < 4.78 is 44.6. The van der Waals surface area contributed by atoms with Crippen LogP contribution in [0.15, 0.2) is 82.3 Å². The molecule has 26 heavy (non-hydrogen) atoms. The van der Waals surface area contributed by atoms with Crippen molar-refractivity contribution in [1.29, 1.82) is 0 Å². The van der Waals surface area contributed by atoms with E-state index >= 15 is 8.78 Å². The Balaban J connectivity index is 1.67. The Labute approximate surface area is 151 Å². The molecule has 2 bridgehead atoms. The molecule has 0 aliphatic heterocycles. The van der Waals surface area contributed by atoms with Gasteiger partial charge in [0, 0.05) is 36.5 Å². The molecular weight excluding hydrogens is 333 g/mol. The monoisotopic (exact) mass is 352 g/mol. The summed E-state index contributed by atoms with van der Waals surface area (Å²) in [5.74, 6) is -2.34. The zero-order valence-corrected chi connectivity index (χ0v) is 14.4. The maximum Gasteiger partial charge on any atom is 0.155 e. The smallest absolute Gasteiger partial charge is 0.155 e. The first-order chi connectivity index (χ1) is 12.6. The van der Waals surface area contributed by atoms with Gasteiger partial charge in [0.1, 0.15) is 12.0 Å². The molecule has 0 aromatic carbocycles. The van der Waals surface area contributed by atoms with Crippen molar-refractivity contribution < 1.29 is 13.2 Å². The van der Waals surface area contributed by atoms with Gasteiger partial charge >= 0.3 is 0 Å². The zero-order chi connectivity index (χ0) is 18.0. The van der Waals surface area contributed by atoms with E-state index in [1.54, 1.807) is 0 Å². The standard InChI is InChI=1S/C23H19F3/c1-12-21(24)19-17-10-16(14-8-4-5-9-14)18(20(19)23(26)22(12)25)11-15(17)13-6-2-3-7-13/h2-11,17-20,22-23H,1H3/t17?,18-,19?,20?,22?,23?/m0/s1. The van der Waals surface area contributed by atoms with Crippen molar-refractivity contribution in [3.8, 4) is 0 Å². The van der Waals surface area contributed by atoms with Crippen LogP contribution in [0, 0.1) is 36.5 Å². The second-order valence-corrected chi connectivity index (χ2v) is 7.62. The van der Waals surface area contributed by atoms with Gasteiger partial charge in [-0.05, 0) is 34.8 Å². The Morgan fingerprint density at radius 2 is 1.42 bits per heavy atom. The van der Waals surface area contributed by atoms with E-state index in [0.29, 0.717) is 0 Å². The lowest BCUT2D eigenvalue weighted by Gasteiger charge is -2.50. The Bertz CT molecular complexity index is 877. The maximum atomic E-state index is 15.1. The van der Waals surface area contributed by atoms with E-state index in [1.807, 2.05) is 49.3 Å². The lowest BCUT2D eigenvalue weighted by atomic mass is 9.54. The topological polar surface area (TPSA) is 0 Å². The summed E-state index contributed by atoms with van der Waals surface area (Å²) in [6, 6.07) is 0. The second kappa shape index (κ2) is 5.73. The predicted octanol–water partition coefficient (Wildman–Crippen LogP) is 5.67. The van der Waals surface area contributed by atoms with E-state index in [0.717, 1.165) is 22.3 Å². The minimum Gasteiger partial charge on any atom is -0.244 e. The van der Waals surface area contributed by atoms with Gasteiger partial charge in [0.15, 0.2) is 6.17 Å². The van der Waals surface area contributed by atoms with Crippen LogP contribution in [-0.4, -0.2) is 12.3 Å². The highest BCUT2D eigenvalue weighted by Gasteiger charge is 2.55. The molecule has 0 fully saturated rings. The van der Waals surface area contributed by atoms with Gasteiger partial charge in [0.05, 0.1) is 0 Å². The third-order valence-electron chi connectivity index (χ3n) is 6.38. The van der Waals surface area contributed by atoms with Gasteiger partial charge in [0.2, 0.25) is 0 Å². The minimum absolute atomic E-state index is 0.0728. The normalized spacial score (nSPS) is 40.5. The third kappa shape index (κ3) is 2.09. The molecule has 0 spiro atoms. The lowest BCUT2D eigenvalue weighted by Crippen LogP contribution is -2.50. The van der Waals surface area contributed by atoms with Crippen LogP contribution in [0.25, 0.3) is 0 Å². The van der Waals surface area contributed by atoms with Gasteiger partial charge in [-0.1, -0.05) is 48.6 Å². The van der Waals surface area contributed by atoms with E-state index in [4.69, 9.17) is 0 Å². The summed E-state index contributed by atoms with van der Waals surface area (Å²) in [5.41, 5.74) is 4.02. The van der Waals surface area contributed by atoms with Crippen molar-refractivity contribution >= 4 is 0 Å². The first-order valence-corrected chi connectivity index (χ1v) is 9.10. The van der Waals surface area contributed by atoms with Crippen LogP contribution in [0.4, 0.5) is 13.2 Å². The van der Waals surface area contributed by atoms with Gasteiger partial charge in [-0.25, -0.2) is 13.2 Å². The second-order valence-electron chi connectivity index (χ2n) is 7.62. The maximum absolute atomic E-state index is 15.1. The lowest BCUT2D eigenvalue weighted by molar-refractivity contribution is 0.0368. The molecule has 0 heterocycles. The fourth-order valence-corrected chi connectivity index (χ4v) is 5.13. The van der Waals surface area contributed by atoms with Gasteiger partial charge in [-0.2, -0.15) is 0 Å². The summed E-state index contributed by atoms with van der Waals surface area (Å²) in [7, 11) is 0. The molecule has 0 aromatic heterocycles. The molecule has 0 amide bonds. The third-order valence-corrected chi connectivity index (χ3v) is 6.38. The largest absolute Gasteiger partial charge is 0.244 e. The van der Waals surface area contributed by atoms with Crippen LogP contribution in [0.1, 0.15) is 6.92 Å². The van der Waals surface area contributed by atoms with E-state index in [2.05, 4.69) is 12.2 Å². The minimum atomic E-state index is -1.85. The molecule has 6 aliphatic carbocycles. The predicted molar refractivity (Wildman–Crippen MR) is 96.8 cm³/mol. The van der Waals surface area contributed by atoms with Gasteiger partial charge in [-0.15, -0.1) is 0 Å². The molecule has 0 saturated carbocycles. The van der Waals surface area contributed by atoms with Crippen LogP contribution in [-0.2, 0) is 0 Å². The highest BCUT2D eigenvalue weighted by atomic mass is 19.2. The van der Waals surface area contributed by atoms with Crippen molar-refractivity contribution in [3.63, 3.8) is 0 Å². The van der Waals surface area contributed by atoms with Crippen molar-refractivity contribution in [1.82, 2.24) is 0 Å². The van der Waals surface area contributed by atoms with E-state index < -0.39 is 30.0 Å². The first-order valence-electron chi connectivity index (χ1n) is 9.10. The van der Waals surface area contributed by atoms with E-state index in [9.17, 15) is 4.39 Å². The number of hydrogen-bond acceptors (Lipinski definition) is 0. The van der Waals surface area contributed by atoms with Crippen LogP contribution < -0.4 is 0 Å². The molecule has 6 atom stereocenters. The zero-order valence-electron chi connectivity index (χ0n) is 14.4. The Morgan fingerprint density at radius 1 is 0.846 bits per heavy atom. The molecular formula is C23H19F3. The highest BCUT2D eigenvalue weighted by Crippen LogP contribution is 2.58. The molecule has 2 radical (unpaired) electrons. The number of rotatable bonds is 2. The number of hydrogen-bond donors (Lipinski definition) is 0. The fraction of sp³-hybridized carbons (Fsp3) is 0.304. The van der Waals surface area contributed by atoms with E-state index in [1.165, 1.54) is 6.92 Å². The number of halogens is 3. The van der Waals surface area contributed by atoms with Crippen LogP contribution in [0.3, 0.4) is 0 Å². The quantitative estimate of drug-likeness (QED) is 0.601. The van der Waals surface area contributed by atoms with Crippen molar-refractivity contribution in [2.45, 2.75) is 19.3 Å². The van der Waals surface area contributed by atoms with Crippen LogP contribution >= 0.6 is 0 Å². The van der Waals surface area contributed by atoms with Crippen LogP contribution in [0.5, 0.6) is 0 Å². The fourth-order valence-electron chi connectivity index (χ4n) is 5.13. The molecule has 0 nitrogen and oxygen atoms in total. The van der Waals surface area contributed by atoms with E-state index in [-0.39, 0.29) is 17.4 Å². The van der Waals surface area contributed by atoms with Gasteiger partial charge in [-0.3, -0.25) is 0 Å². The van der Waals surface area contributed by atoms with Crippen molar-refractivity contribution in [2.75, 3.05) is 0 Å². The highest BCUT2D eigenvalue weighted by molar-refractivity contribution is 5.60. The number of alkyl halides is 2. The van der Waals surface area contributed by atoms with Crippen LogP contribution in [0.2, 0.25) is 0 Å². The molecule has 6 rings (SSSR count). The molecule has 3 heteroatoms. The Hall–Kier alpha value is -2.03. The molecule has 132 valence electrons. The summed E-state index contributed by atoms with van der Waals surface area (Å²) in [5, 5.41) is 0. The Kier molecular flexibility index (Phi) is 3.57. The number of allylic oxidation sites excluding steroid dienone is 14. The molecule has 0 N–H and O–H groups in total. The average molecular weight is 352 g/mol. The molecule has 6 aliphatic rings. The average Bonchev–Trinajstić information content (AvgIpc) is 3.37. The molecule has 5 unspecified atom stereocenters. The SMILES string of the molecule is CC1=C(F)C2C3C=C(C4=C[CH]C=C4)[C@H](C=C3C3=C[CH]C=C3)C2C(F)C1F. The van der Waals surface area contributed by atoms with Crippen molar-refractivity contribution in [2.24, 2.45) is 23.7 Å². The van der Waals surface area contributed by atoms with Gasteiger partial charge < -0.3 is 0 Å². The summed E-state index contributed by atoms with van der Waals surface area (Å²) >= 11 is 0. The van der Waals surface area contributed by atoms with Crippen molar-refractivity contribution in [3.05, 3.63) is 95.1 Å². The summed E-state index contributed by atoms with van der Waals surface area (Å²) in [6.45, 7) is 1.39. The first kappa shape index (κ1) is 16.2. The summed E-state index contributed by atoms with van der Waals surface area (Å²) in [4.78, 5) is 0. The molecule has 0 saturated heterocycles.